The van der Waals surface area contributed by atoms with Crippen LogP contribution in [-0.2, 0) is 0 Å². The van der Waals surface area contributed by atoms with E-state index in [-0.39, 0.29) is 17.7 Å². The van der Waals surface area contributed by atoms with Gasteiger partial charge in [0.2, 0.25) is 0 Å². The Labute approximate surface area is 162 Å². The molecule has 0 amide bonds. The maximum atomic E-state index is 13.4. The van der Waals surface area contributed by atoms with Crippen LogP contribution in [0.1, 0.15) is 44.3 Å². The van der Waals surface area contributed by atoms with E-state index in [2.05, 4.69) is 15.0 Å². The molecule has 2 heterocycles. The fourth-order valence-electron chi connectivity index (χ4n) is 3.68. The Morgan fingerprint density at radius 2 is 1.86 bits per heavy atom. The van der Waals surface area contributed by atoms with Gasteiger partial charge in [0.05, 0.1) is 29.8 Å². The van der Waals surface area contributed by atoms with Gasteiger partial charge in [-0.2, -0.15) is 4.98 Å². The van der Waals surface area contributed by atoms with Crippen LogP contribution in [-0.4, -0.2) is 37.8 Å². The van der Waals surface area contributed by atoms with Gasteiger partial charge in [0.15, 0.2) is 0 Å². The standard InChI is InChI=1S/C21H23FN4O2/c1-21(27)10-7-14(8-11-21)19-25-17(13-3-5-15(22)6-4-13)18(26-19)16-9-12-23-20(24-16)28-2/h3-6,9,12,14,27H,7-8,10-11H2,1-2H3,(H,25,26)/t14-,21-. The molecule has 146 valence electrons. The summed E-state index contributed by atoms with van der Waals surface area (Å²) in [5, 5.41) is 10.2. The van der Waals surface area contributed by atoms with Gasteiger partial charge < -0.3 is 14.8 Å². The number of nitrogens with zero attached hydrogens (tertiary/aromatic N) is 3. The molecule has 0 spiro atoms. The molecule has 0 radical (unpaired) electrons. The van der Waals surface area contributed by atoms with Crippen LogP contribution in [0.3, 0.4) is 0 Å². The third-order valence-corrected chi connectivity index (χ3v) is 5.36. The summed E-state index contributed by atoms with van der Waals surface area (Å²) in [4.78, 5) is 16.8. The van der Waals surface area contributed by atoms with E-state index in [4.69, 9.17) is 9.72 Å². The largest absolute Gasteiger partial charge is 0.467 e. The lowest BCUT2D eigenvalue weighted by Crippen LogP contribution is -2.29. The summed E-state index contributed by atoms with van der Waals surface area (Å²) in [6.07, 6.45) is 4.82. The SMILES string of the molecule is COc1nccc(-c2[nH]c([C@H]3CC[C@](C)(O)CC3)nc2-c2ccc(F)cc2)n1. The lowest BCUT2D eigenvalue weighted by molar-refractivity contribution is 0.0165. The van der Waals surface area contributed by atoms with Gasteiger partial charge in [-0.3, -0.25) is 0 Å². The van der Waals surface area contributed by atoms with Crippen LogP contribution >= 0.6 is 0 Å². The molecule has 1 saturated carbocycles. The number of hydrogen-bond acceptors (Lipinski definition) is 5. The number of nitrogens with one attached hydrogen (secondary N) is 1. The summed E-state index contributed by atoms with van der Waals surface area (Å²) in [6.45, 7) is 1.88. The summed E-state index contributed by atoms with van der Waals surface area (Å²) in [7, 11) is 1.52. The van der Waals surface area contributed by atoms with Crippen LogP contribution in [0.15, 0.2) is 36.5 Å². The smallest absolute Gasteiger partial charge is 0.316 e. The van der Waals surface area contributed by atoms with Gasteiger partial charge in [-0.05, 0) is 62.9 Å². The van der Waals surface area contributed by atoms with E-state index in [1.165, 1.54) is 19.2 Å². The van der Waals surface area contributed by atoms with Crippen LogP contribution < -0.4 is 4.74 Å². The predicted molar refractivity (Wildman–Crippen MR) is 103 cm³/mol. The van der Waals surface area contributed by atoms with Crippen LogP contribution in [0.25, 0.3) is 22.6 Å². The fourth-order valence-corrected chi connectivity index (χ4v) is 3.68. The number of ether oxygens (including phenoxy) is 1. The zero-order chi connectivity index (χ0) is 19.7. The number of aromatic nitrogens is 4. The van der Waals surface area contributed by atoms with Gasteiger partial charge in [0.1, 0.15) is 11.6 Å². The van der Waals surface area contributed by atoms with Crippen molar-refractivity contribution in [3.8, 4) is 28.7 Å². The number of methoxy groups -OCH3 is 1. The van der Waals surface area contributed by atoms with E-state index < -0.39 is 5.60 Å². The predicted octanol–water partition coefficient (Wildman–Crippen LogP) is 4.09. The van der Waals surface area contributed by atoms with Crippen LogP contribution in [0.5, 0.6) is 6.01 Å². The highest BCUT2D eigenvalue weighted by atomic mass is 19.1. The van der Waals surface area contributed by atoms with E-state index in [0.29, 0.717) is 11.4 Å². The monoisotopic (exact) mass is 382 g/mol. The second kappa shape index (κ2) is 7.31. The van der Waals surface area contributed by atoms with Crippen molar-refractivity contribution < 1.29 is 14.2 Å². The van der Waals surface area contributed by atoms with Gasteiger partial charge in [-0.1, -0.05) is 0 Å². The summed E-state index contributed by atoms with van der Waals surface area (Å²) >= 11 is 0. The van der Waals surface area contributed by atoms with E-state index >= 15 is 0 Å². The molecule has 0 saturated heterocycles. The molecule has 2 N–H and O–H groups in total. The van der Waals surface area contributed by atoms with Crippen molar-refractivity contribution in [2.75, 3.05) is 7.11 Å². The number of benzene rings is 1. The molecule has 3 aromatic rings. The zero-order valence-electron chi connectivity index (χ0n) is 15.9. The highest BCUT2D eigenvalue weighted by Gasteiger charge is 2.31. The molecule has 0 unspecified atom stereocenters. The Balaban J connectivity index is 1.76. The topological polar surface area (TPSA) is 83.9 Å². The molecule has 4 rings (SSSR count). The second-order valence-corrected chi connectivity index (χ2v) is 7.55. The third kappa shape index (κ3) is 3.75. The molecule has 7 heteroatoms. The Kier molecular flexibility index (Phi) is 4.85. The van der Waals surface area contributed by atoms with Crippen molar-refractivity contribution in [2.45, 2.75) is 44.1 Å². The number of imidazole rings is 1. The first kappa shape index (κ1) is 18.6. The molecule has 1 aromatic carbocycles. The van der Waals surface area contributed by atoms with Crippen LogP contribution in [0.4, 0.5) is 4.39 Å². The molecule has 2 aromatic heterocycles. The summed E-state index contributed by atoms with van der Waals surface area (Å²) in [6, 6.07) is 8.33. The minimum Gasteiger partial charge on any atom is -0.467 e. The van der Waals surface area contributed by atoms with Gasteiger partial charge >= 0.3 is 6.01 Å². The lowest BCUT2D eigenvalue weighted by atomic mass is 9.80. The number of hydrogen-bond donors (Lipinski definition) is 2. The average Bonchev–Trinajstić information content (AvgIpc) is 3.14. The van der Waals surface area contributed by atoms with Crippen LogP contribution in [0, 0.1) is 5.82 Å². The van der Waals surface area contributed by atoms with Crippen molar-refractivity contribution in [1.29, 1.82) is 0 Å². The number of halogens is 1. The summed E-state index contributed by atoms with van der Waals surface area (Å²) in [5.41, 5.74) is 2.32. The third-order valence-electron chi connectivity index (χ3n) is 5.36. The number of aromatic amines is 1. The van der Waals surface area contributed by atoms with Crippen molar-refractivity contribution in [2.24, 2.45) is 0 Å². The van der Waals surface area contributed by atoms with Gasteiger partial charge in [-0.15, -0.1) is 0 Å². The molecule has 1 aliphatic carbocycles. The normalized spacial score (nSPS) is 22.2. The zero-order valence-corrected chi connectivity index (χ0v) is 15.9. The molecule has 1 fully saturated rings. The van der Waals surface area contributed by atoms with Gasteiger partial charge in [0, 0.05) is 17.7 Å². The molecule has 0 aliphatic heterocycles. The minimum absolute atomic E-state index is 0.233. The Morgan fingerprint density at radius 1 is 1.14 bits per heavy atom. The average molecular weight is 382 g/mol. The van der Waals surface area contributed by atoms with Crippen molar-refractivity contribution >= 4 is 0 Å². The Morgan fingerprint density at radius 3 is 2.54 bits per heavy atom. The fraction of sp³-hybridized carbons (Fsp3) is 0.381. The summed E-state index contributed by atoms with van der Waals surface area (Å²) in [5.74, 6) is 0.804. The van der Waals surface area contributed by atoms with E-state index in [9.17, 15) is 9.50 Å². The molecular formula is C21H23FN4O2. The quantitative estimate of drug-likeness (QED) is 0.710. The van der Waals surface area contributed by atoms with E-state index in [0.717, 1.165) is 42.8 Å². The number of rotatable bonds is 4. The van der Waals surface area contributed by atoms with Gasteiger partial charge in [0.25, 0.3) is 0 Å². The van der Waals surface area contributed by atoms with E-state index in [1.807, 2.05) is 6.92 Å². The van der Waals surface area contributed by atoms with Gasteiger partial charge in [-0.25, -0.2) is 14.4 Å². The minimum atomic E-state index is -0.605. The Bertz CT molecular complexity index is 959. The summed E-state index contributed by atoms with van der Waals surface area (Å²) < 4.78 is 18.6. The highest BCUT2D eigenvalue weighted by Crippen LogP contribution is 2.39. The molecular weight excluding hydrogens is 359 g/mol. The number of H-pyrrole nitrogens is 1. The first-order valence-corrected chi connectivity index (χ1v) is 9.41. The first-order chi connectivity index (χ1) is 13.4. The van der Waals surface area contributed by atoms with Crippen molar-refractivity contribution in [3.05, 3.63) is 48.2 Å². The maximum absolute atomic E-state index is 13.4. The molecule has 1 aliphatic rings. The lowest BCUT2D eigenvalue weighted by Gasteiger charge is -2.32. The molecule has 6 nitrogen and oxygen atoms in total. The van der Waals surface area contributed by atoms with Crippen LogP contribution in [0.2, 0.25) is 0 Å². The van der Waals surface area contributed by atoms with Crippen molar-refractivity contribution in [3.63, 3.8) is 0 Å². The molecule has 28 heavy (non-hydrogen) atoms. The first-order valence-electron chi connectivity index (χ1n) is 9.41. The molecule has 0 atom stereocenters. The van der Waals surface area contributed by atoms with Crippen molar-refractivity contribution in [1.82, 2.24) is 19.9 Å². The number of aliphatic hydroxyl groups is 1. The Hall–Kier alpha value is -2.80. The highest BCUT2D eigenvalue weighted by molar-refractivity contribution is 5.76. The maximum Gasteiger partial charge on any atom is 0.316 e. The van der Waals surface area contributed by atoms with E-state index in [1.54, 1.807) is 24.4 Å². The molecule has 0 bridgehead atoms. The second-order valence-electron chi connectivity index (χ2n) is 7.55.